The lowest BCUT2D eigenvalue weighted by Crippen LogP contribution is -2.30. The molecule has 1 aliphatic heterocycles. The van der Waals surface area contributed by atoms with Gasteiger partial charge in [0.2, 0.25) is 5.91 Å². The Kier molecular flexibility index (Phi) is 2.91. The van der Waals surface area contributed by atoms with Gasteiger partial charge in [0.15, 0.2) is 0 Å². The van der Waals surface area contributed by atoms with Gasteiger partial charge in [0.05, 0.1) is 11.3 Å². The minimum atomic E-state index is 0.0528. The zero-order valence-corrected chi connectivity index (χ0v) is 9.29. The van der Waals surface area contributed by atoms with Crippen LogP contribution in [-0.4, -0.2) is 5.91 Å². The summed E-state index contributed by atoms with van der Waals surface area (Å²) < 4.78 is 0. The monoisotopic (exact) mass is 214 g/mol. The summed E-state index contributed by atoms with van der Waals surface area (Å²) in [6.45, 7) is 2.08. The molecule has 1 N–H and O–H groups in total. The van der Waals surface area contributed by atoms with E-state index in [-0.39, 0.29) is 11.8 Å². The molecule has 0 aromatic heterocycles. The Bertz CT molecular complexity index is 459. The van der Waals surface area contributed by atoms with E-state index >= 15 is 0 Å². The number of anilines is 1. The van der Waals surface area contributed by atoms with Crippen LogP contribution in [0.25, 0.3) is 0 Å². The van der Waals surface area contributed by atoms with E-state index in [0.717, 1.165) is 24.8 Å². The van der Waals surface area contributed by atoms with Gasteiger partial charge in [0.1, 0.15) is 6.07 Å². The van der Waals surface area contributed by atoms with Crippen LogP contribution in [0.1, 0.15) is 30.9 Å². The van der Waals surface area contributed by atoms with Crippen molar-refractivity contribution in [2.75, 3.05) is 5.32 Å². The van der Waals surface area contributed by atoms with E-state index in [1.54, 1.807) is 6.07 Å². The van der Waals surface area contributed by atoms with Gasteiger partial charge in [-0.1, -0.05) is 25.5 Å². The standard InChI is InChI=1S/C13H14N2O/c1-2-4-10-7-9-5-3-6-11(8-14)12(9)15-13(10)16/h3,5-6,10H,2,4,7H2,1H3,(H,15,16). The summed E-state index contributed by atoms with van der Waals surface area (Å²) in [5.74, 6) is 0.114. The number of fused-ring (bicyclic) bond motifs is 1. The number of carbonyl (C=O) groups is 1. The van der Waals surface area contributed by atoms with Gasteiger partial charge in [-0.3, -0.25) is 4.79 Å². The van der Waals surface area contributed by atoms with Crippen LogP contribution >= 0.6 is 0 Å². The van der Waals surface area contributed by atoms with Crippen LogP contribution in [0.5, 0.6) is 0 Å². The molecule has 1 atom stereocenters. The predicted molar refractivity (Wildman–Crippen MR) is 61.9 cm³/mol. The lowest BCUT2D eigenvalue weighted by molar-refractivity contribution is -0.120. The van der Waals surface area contributed by atoms with Gasteiger partial charge in [-0.05, 0) is 24.5 Å². The van der Waals surface area contributed by atoms with Gasteiger partial charge < -0.3 is 5.32 Å². The van der Waals surface area contributed by atoms with E-state index in [4.69, 9.17) is 5.26 Å². The SMILES string of the molecule is CCCC1Cc2cccc(C#N)c2NC1=O. The van der Waals surface area contributed by atoms with E-state index in [9.17, 15) is 4.79 Å². The second-order valence-electron chi connectivity index (χ2n) is 4.13. The molecule has 2 rings (SSSR count). The molecule has 0 saturated carbocycles. The maximum Gasteiger partial charge on any atom is 0.227 e. The Morgan fingerprint density at radius 1 is 1.56 bits per heavy atom. The third-order valence-electron chi connectivity index (χ3n) is 2.99. The van der Waals surface area contributed by atoms with Crippen molar-refractivity contribution in [1.29, 1.82) is 5.26 Å². The number of hydrogen-bond donors (Lipinski definition) is 1. The maximum atomic E-state index is 11.8. The van der Waals surface area contributed by atoms with Crippen LogP contribution in [0.15, 0.2) is 18.2 Å². The fourth-order valence-corrected chi connectivity index (χ4v) is 2.18. The van der Waals surface area contributed by atoms with Crippen molar-refractivity contribution in [1.82, 2.24) is 0 Å². The number of carbonyl (C=O) groups excluding carboxylic acids is 1. The highest BCUT2D eigenvalue weighted by Gasteiger charge is 2.26. The van der Waals surface area contributed by atoms with Crippen molar-refractivity contribution in [2.24, 2.45) is 5.92 Å². The molecule has 0 saturated heterocycles. The number of rotatable bonds is 2. The minimum absolute atomic E-state index is 0.0528. The molecule has 3 nitrogen and oxygen atoms in total. The van der Waals surface area contributed by atoms with Crippen LogP contribution in [-0.2, 0) is 11.2 Å². The summed E-state index contributed by atoms with van der Waals surface area (Å²) in [5.41, 5.74) is 2.35. The molecule has 1 amide bonds. The molecule has 0 bridgehead atoms. The van der Waals surface area contributed by atoms with Crippen LogP contribution in [0.3, 0.4) is 0 Å². The quantitative estimate of drug-likeness (QED) is 0.822. The van der Waals surface area contributed by atoms with Crippen molar-refractivity contribution >= 4 is 11.6 Å². The molecule has 1 aromatic carbocycles. The third-order valence-corrected chi connectivity index (χ3v) is 2.99. The van der Waals surface area contributed by atoms with Crippen LogP contribution in [0.2, 0.25) is 0 Å². The van der Waals surface area contributed by atoms with Gasteiger partial charge in [-0.2, -0.15) is 5.26 Å². The van der Waals surface area contributed by atoms with E-state index in [2.05, 4.69) is 18.3 Å². The van der Waals surface area contributed by atoms with E-state index in [1.807, 2.05) is 12.1 Å². The maximum absolute atomic E-state index is 11.8. The summed E-state index contributed by atoms with van der Waals surface area (Å²) in [4.78, 5) is 11.8. The zero-order valence-electron chi connectivity index (χ0n) is 9.29. The number of nitriles is 1. The van der Waals surface area contributed by atoms with Gasteiger partial charge in [-0.15, -0.1) is 0 Å². The molecule has 3 heteroatoms. The largest absolute Gasteiger partial charge is 0.324 e. The first-order valence-electron chi connectivity index (χ1n) is 5.59. The molecule has 16 heavy (non-hydrogen) atoms. The lowest BCUT2D eigenvalue weighted by atomic mass is 9.88. The van der Waals surface area contributed by atoms with Crippen LogP contribution in [0, 0.1) is 17.2 Å². The van der Waals surface area contributed by atoms with Crippen molar-refractivity contribution in [2.45, 2.75) is 26.2 Å². The first-order valence-corrected chi connectivity index (χ1v) is 5.59. The fourth-order valence-electron chi connectivity index (χ4n) is 2.18. The molecule has 1 aliphatic rings. The van der Waals surface area contributed by atoms with Crippen LogP contribution in [0.4, 0.5) is 5.69 Å². The van der Waals surface area contributed by atoms with Gasteiger partial charge >= 0.3 is 0 Å². The molecule has 1 heterocycles. The molecule has 1 aromatic rings. The second-order valence-corrected chi connectivity index (χ2v) is 4.13. The Hall–Kier alpha value is -1.82. The van der Waals surface area contributed by atoms with E-state index in [1.165, 1.54) is 0 Å². The average molecular weight is 214 g/mol. The highest BCUT2D eigenvalue weighted by Crippen LogP contribution is 2.30. The number of para-hydroxylation sites is 1. The number of nitrogens with zero attached hydrogens (tertiary/aromatic N) is 1. The molecule has 0 spiro atoms. The summed E-state index contributed by atoms with van der Waals surface area (Å²) in [6, 6.07) is 7.70. The van der Waals surface area contributed by atoms with Crippen molar-refractivity contribution in [3.05, 3.63) is 29.3 Å². The number of hydrogen-bond acceptors (Lipinski definition) is 2. The van der Waals surface area contributed by atoms with E-state index < -0.39 is 0 Å². The summed E-state index contributed by atoms with van der Waals surface area (Å²) >= 11 is 0. The molecule has 1 unspecified atom stereocenters. The Labute approximate surface area is 95.1 Å². The van der Waals surface area contributed by atoms with Crippen molar-refractivity contribution < 1.29 is 4.79 Å². The number of benzene rings is 1. The smallest absolute Gasteiger partial charge is 0.227 e. The van der Waals surface area contributed by atoms with Gasteiger partial charge in [-0.25, -0.2) is 0 Å². The molecule has 0 fully saturated rings. The van der Waals surface area contributed by atoms with Crippen molar-refractivity contribution in [3.8, 4) is 6.07 Å². The normalized spacial score (nSPS) is 18.5. The topological polar surface area (TPSA) is 52.9 Å². The predicted octanol–water partition coefficient (Wildman–Crippen LogP) is 2.47. The lowest BCUT2D eigenvalue weighted by Gasteiger charge is -2.24. The Balaban J connectivity index is 2.35. The molecule has 0 aliphatic carbocycles. The molecule has 0 radical (unpaired) electrons. The van der Waals surface area contributed by atoms with Gasteiger partial charge in [0.25, 0.3) is 0 Å². The van der Waals surface area contributed by atoms with Crippen LogP contribution < -0.4 is 5.32 Å². The third kappa shape index (κ3) is 1.79. The summed E-state index contributed by atoms with van der Waals surface area (Å²) in [5, 5.41) is 11.8. The Morgan fingerprint density at radius 2 is 2.38 bits per heavy atom. The van der Waals surface area contributed by atoms with E-state index in [0.29, 0.717) is 11.3 Å². The minimum Gasteiger partial charge on any atom is -0.324 e. The average Bonchev–Trinajstić information content (AvgIpc) is 2.30. The fraction of sp³-hybridized carbons (Fsp3) is 0.385. The molecular weight excluding hydrogens is 200 g/mol. The molecule has 82 valence electrons. The highest BCUT2D eigenvalue weighted by molar-refractivity contribution is 5.97. The summed E-state index contributed by atoms with van der Waals surface area (Å²) in [6.07, 6.45) is 2.66. The van der Waals surface area contributed by atoms with Gasteiger partial charge in [0, 0.05) is 5.92 Å². The highest BCUT2D eigenvalue weighted by atomic mass is 16.1. The first-order chi connectivity index (χ1) is 7.76. The summed E-state index contributed by atoms with van der Waals surface area (Å²) in [7, 11) is 0. The number of nitrogens with one attached hydrogen (secondary N) is 1. The molecular formula is C13H14N2O. The zero-order chi connectivity index (χ0) is 11.5. The van der Waals surface area contributed by atoms with Crippen molar-refractivity contribution in [3.63, 3.8) is 0 Å². The first kappa shape index (κ1) is 10.7. The number of amides is 1. The second kappa shape index (κ2) is 4.36. The Morgan fingerprint density at radius 3 is 3.06 bits per heavy atom.